The Balaban J connectivity index is 1.70. The molecule has 0 radical (unpaired) electrons. The zero-order valence-electron chi connectivity index (χ0n) is 24.9. The van der Waals surface area contributed by atoms with E-state index in [9.17, 15) is 31.9 Å². The fraction of sp³-hybridized carbons (Fsp3) is 0.452. The van der Waals surface area contributed by atoms with E-state index >= 15 is 0 Å². The maximum absolute atomic E-state index is 14.4. The van der Waals surface area contributed by atoms with Gasteiger partial charge in [-0.2, -0.15) is 13.2 Å². The van der Waals surface area contributed by atoms with Crippen LogP contribution in [0.3, 0.4) is 0 Å². The lowest BCUT2D eigenvalue weighted by molar-refractivity contribution is -0.167. The number of benzene rings is 1. The molecule has 2 aliphatic rings. The van der Waals surface area contributed by atoms with Gasteiger partial charge in [-0.25, -0.2) is 4.39 Å². The molecule has 244 valence electrons. The van der Waals surface area contributed by atoms with E-state index in [2.05, 4.69) is 5.32 Å². The van der Waals surface area contributed by atoms with Gasteiger partial charge in [0.2, 0.25) is 5.91 Å². The molecule has 9 nitrogen and oxygen atoms in total. The van der Waals surface area contributed by atoms with Crippen molar-refractivity contribution >= 4 is 29.1 Å². The lowest BCUT2D eigenvalue weighted by atomic mass is 9.75. The van der Waals surface area contributed by atoms with Gasteiger partial charge in [0.25, 0.3) is 11.5 Å². The molecule has 0 saturated heterocycles. The fourth-order valence-electron chi connectivity index (χ4n) is 5.45. The molecule has 1 aromatic carbocycles. The molecular weight excluding hydrogens is 622 g/mol. The number of ether oxygens (including phenoxy) is 3. The van der Waals surface area contributed by atoms with Crippen LogP contribution in [0.5, 0.6) is 5.75 Å². The first-order valence-corrected chi connectivity index (χ1v) is 14.5. The number of pyridine rings is 1. The molecule has 1 heterocycles. The van der Waals surface area contributed by atoms with E-state index in [4.69, 9.17) is 31.5 Å². The molecule has 1 fully saturated rings. The molecule has 1 saturated carbocycles. The van der Waals surface area contributed by atoms with E-state index in [1.54, 1.807) is 6.92 Å². The number of nitrogens with two attached hydrogens (primary N) is 1. The average molecular weight is 656 g/mol. The van der Waals surface area contributed by atoms with Gasteiger partial charge >= 0.3 is 6.18 Å². The highest BCUT2D eigenvalue weighted by molar-refractivity contribution is 6.29. The van der Waals surface area contributed by atoms with Crippen molar-refractivity contribution in [1.82, 2.24) is 4.57 Å². The molecule has 2 amide bonds. The minimum Gasteiger partial charge on any atom is -0.495 e. The second kappa shape index (κ2) is 13.3. The minimum absolute atomic E-state index is 0.0151. The van der Waals surface area contributed by atoms with Gasteiger partial charge in [0, 0.05) is 35.4 Å². The second-order valence-electron chi connectivity index (χ2n) is 11.6. The number of amides is 2. The van der Waals surface area contributed by atoms with Crippen LogP contribution in [0.25, 0.3) is 0 Å². The monoisotopic (exact) mass is 655 g/mol. The molecule has 0 aliphatic heterocycles. The lowest BCUT2D eigenvalue weighted by Gasteiger charge is -2.38. The summed E-state index contributed by atoms with van der Waals surface area (Å²) in [6.45, 7) is 2.08. The Morgan fingerprint density at radius 3 is 2.47 bits per heavy atom. The number of hydrogen-bond donors (Lipinski definition) is 2. The van der Waals surface area contributed by atoms with E-state index < -0.39 is 47.4 Å². The second-order valence-corrected chi connectivity index (χ2v) is 12.0. The molecule has 2 aliphatic carbocycles. The van der Waals surface area contributed by atoms with Gasteiger partial charge in [0.15, 0.2) is 6.61 Å². The van der Waals surface area contributed by atoms with E-state index in [-0.39, 0.29) is 53.4 Å². The Bertz CT molecular complexity index is 1580. The number of alkyl halides is 3. The lowest BCUT2D eigenvalue weighted by Crippen LogP contribution is -2.39. The highest BCUT2D eigenvalue weighted by Crippen LogP contribution is 2.46. The van der Waals surface area contributed by atoms with E-state index in [0.29, 0.717) is 5.03 Å². The van der Waals surface area contributed by atoms with Crippen LogP contribution in [-0.2, 0) is 19.7 Å². The van der Waals surface area contributed by atoms with Gasteiger partial charge in [-0.15, -0.1) is 0 Å². The zero-order valence-corrected chi connectivity index (χ0v) is 25.7. The third-order valence-electron chi connectivity index (χ3n) is 8.13. The quantitative estimate of drug-likeness (QED) is 0.276. The summed E-state index contributed by atoms with van der Waals surface area (Å²) in [5.74, 6) is -2.59. The van der Waals surface area contributed by atoms with Crippen LogP contribution < -0.4 is 21.3 Å². The number of halogens is 5. The van der Waals surface area contributed by atoms with Crippen molar-refractivity contribution in [3.63, 3.8) is 0 Å². The van der Waals surface area contributed by atoms with Gasteiger partial charge in [-0.05, 0) is 69.9 Å². The van der Waals surface area contributed by atoms with Crippen LogP contribution in [-0.4, -0.2) is 48.5 Å². The Morgan fingerprint density at radius 2 is 1.89 bits per heavy atom. The fourth-order valence-corrected chi connectivity index (χ4v) is 5.78. The minimum atomic E-state index is -4.61. The maximum Gasteiger partial charge on any atom is 0.422 e. The van der Waals surface area contributed by atoms with Crippen molar-refractivity contribution in [2.75, 3.05) is 25.6 Å². The first-order chi connectivity index (χ1) is 21.0. The summed E-state index contributed by atoms with van der Waals surface area (Å²) in [5.41, 5.74) is 2.69. The number of hydrogen-bond acceptors (Lipinski definition) is 6. The summed E-state index contributed by atoms with van der Waals surface area (Å²) in [5, 5.41) is 2.89. The van der Waals surface area contributed by atoms with Crippen molar-refractivity contribution in [1.29, 1.82) is 0 Å². The number of nitrogens with one attached hydrogen (secondary N) is 1. The predicted octanol–water partition coefficient (Wildman–Crippen LogP) is 5.87. The summed E-state index contributed by atoms with van der Waals surface area (Å²) in [6.07, 6.45) is 2.18. The van der Waals surface area contributed by atoms with Gasteiger partial charge in [0.05, 0.1) is 29.9 Å². The predicted molar refractivity (Wildman–Crippen MR) is 159 cm³/mol. The van der Waals surface area contributed by atoms with Crippen LogP contribution in [0.2, 0.25) is 0 Å². The topological polar surface area (TPSA) is 122 Å². The maximum atomic E-state index is 14.4. The molecule has 45 heavy (non-hydrogen) atoms. The number of rotatable bonds is 12. The SMILES string of the molecule is COc1cn(C(CCOC2(C)CCC2)C(=O)Nc2ccc(C(N)=O)c(F)c2)c(=O)cc1C1(C)CC(Cl)=CC=C1OCC(F)(F)F. The highest BCUT2D eigenvalue weighted by atomic mass is 35.5. The average Bonchev–Trinajstić information content (AvgIpc) is 2.93. The molecule has 3 N–H and O–H groups in total. The zero-order chi connectivity index (χ0) is 33.2. The molecular formula is C31H34ClF4N3O6. The third kappa shape index (κ3) is 7.88. The largest absolute Gasteiger partial charge is 0.495 e. The molecule has 2 unspecified atom stereocenters. The number of carbonyl (C=O) groups is 2. The Morgan fingerprint density at radius 1 is 1.18 bits per heavy atom. The number of methoxy groups -OCH3 is 1. The third-order valence-corrected chi connectivity index (χ3v) is 8.38. The van der Waals surface area contributed by atoms with Crippen molar-refractivity contribution in [2.45, 2.75) is 69.2 Å². The van der Waals surface area contributed by atoms with Gasteiger partial charge in [-0.1, -0.05) is 11.6 Å². The van der Waals surface area contributed by atoms with Gasteiger partial charge < -0.3 is 25.3 Å². The Hall–Kier alpha value is -3.84. The summed E-state index contributed by atoms with van der Waals surface area (Å²) >= 11 is 6.29. The molecule has 2 atom stereocenters. The number of primary amides is 1. The van der Waals surface area contributed by atoms with Gasteiger partial charge in [-0.3, -0.25) is 19.0 Å². The van der Waals surface area contributed by atoms with Crippen molar-refractivity contribution in [2.24, 2.45) is 5.73 Å². The summed E-state index contributed by atoms with van der Waals surface area (Å²) in [6, 6.07) is 3.36. The Labute approximate surface area is 262 Å². The van der Waals surface area contributed by atoms with Crippen molar-refractivity contribution in [3.8, 4) is 5.75 Å². The highest BCUT2D eigenvalue weighted by Gasteiger charge is 2.41. The first-order valence-electron chi connectivity index (χ1n) is 14.2. The normalized spacial score (nSPS) is 19.9. The standard InChI is InChI=1S/C31H34ClF4N3O6/c1-29(10-4-11-29)45-12-9-23(28(42)38-19-6-7-20(27(37)41)22(33)13-19)39-16-24(43-3)21(14-26(39)40)30(2)15-18(32)5-8-25(30)44-17-31(34,35)36/h5-8,13-14,16,23H,4,9-12,15,17H2,1-3H3,(H2,37,41)(H,38,42). The number of anilines is 1. The van der Waals surface area contributed by atoms with E-state index in [0.717, 1.165) is 36.0 Å². The molecule has 4 rings (SSSR count). The van der Waals surface area contributed by atoms with Crippen LogP contribution in [0.15, 0.2) is 58.2 Å². The Kier molecular flexibility index (Phi) is 10.0. The first kappa shape index (κ1) is 34.0. The smallest absolute Gasteiger partial charge is 0.422 e. The van der Waals surface area contributed by atoms with Crippen molar-refractivity contribution < 1.29 is 41.4 Å². The number of carbonyl (C=O) groups excluding carboxylic acids is 2. The summed E-state index contributed by atoms with van der Waals surface area (Å²) in [4.78, 5) is 38.7. The number of allylic oxidation sites excluding steroid dienone is 4. The van der Waals surface area contributed by atoms with Crippen LogP contribution in [0.1, 0.15) is 67.9 Å². The van der Waals surface area contributed by atoms with Crippen LogP contribution in [0, 0.1) is 5.82 Å². The number of nitrogens with zero attached hydrogens (tertiary/aromatic N) is 1. The van der Waals surface area contributed by atoms with Gasteiger partial charge in [0.1, 0.15) is 23.4 Å². The van der Waals surface area contributed by atoms with Crippen LogP contribution >= 0.6 is 11.6 Å². The number of aromatic nitrogens is 1. The van der Waals surface area contributed by atoms with E-state index in [1.165, 1.54) is 37.6 Å². The summed E-state index contributed by atoms with van der Waals surface area (Å²) < 4.78 is 71.4. The van der Waals surface area contributed by atoms with E-state index in [1.807, 2.05) is 6.92 Å². The van der Waals surface area contributed by atoms with Crippen LogP contribution in [0.4, 0.5) is 23.2 Å². The molecule has 0 bridgehead atoms. The molecule has 14 heteroatoms. The van der Waals surface area contributed by atoms with Crippen molar-refractivity contribution in [3.05, 3.63) is 80.7 Å². The molecule has 2 aromatic rings. The summed E-state index contributed by atoms with van der Waals surface area (Å²) in [7, 11) is 1.32. The molecule has 0 spiro atoms. The molecule has 1 aromatic heterocycles.